The van der Waals surface area contributed by atoms with Crippen LogP contribution < -0.4 is 0 Å². The molecule has 0 amide bonds. The summed E-state index contributed by atoms with van der Waals surface area (Å²) in [4.78, 5) is 10.1. The fourth-order valence-corrected chi connectivity index (χ4v) is 0.993. The molecule has 2 nitrogen and oxygen atoms in total. The van der Waals surface area contributed by atoms with Crippen molar-refractivity contribution in [1.29, 1.82) is 0 Å². The van der Waals surface area contributed by atoms with Crippen LogP contribution in [0, 0.1) is 0 Å². The topological polar surface area (TPSA) is 22.0 Å². The quantitative estimate of drug-likeness (QED) is 0.613. The van der Waals surface area contributed by atoms with Gasteiger partial charge >= 0.3 is 0 Å². The molecule has 0 saturated carbocycles. The highest BCUT2D eigenvalue weighted by molar-refractivity contribution is 9.10. The van der Waals surface area contributed by atoms with E-state index in [4.69, 9.17) is 0 Å². The van der Waals surface area contributed by atoms with E-state index >= 15 is 0 Å². The minimum absolute atomic E-state index is 0.698. The number of hydrogen-bond donors (Lipinski definition) is 0. The molecule has 0 spiro atoms. The van der Waals surface area contributed by atoms with Gasteiger partial charge in [0.25, 0.3) is 0 Å². The third kappa shape index (κ3) is 1.21. The fraction of sp³-hybridized carbons (Fsp3) is 0.167. The molecule has 0 aliphatic rings. The molecule has 0 N–H and O–H groups in total. The van der Waals surface area contributed by atoms with Gasteiger partial charge in [-0.1, -0.05) is 0 Å². The van der Waals surface area contributed by atoms with Gasteiger partial charge in [-0.05, 0) is 22.0 Å². The van der Waals surface area contributed by atoms with E-state index in [-0.39, 0.29) is 0 Å². The lowest BCUT2D eigenvalue weighted by atomic mass is 10.4. The zero-order valence-electron chi connectivity index (χ0n) is 4.97. The third-order valence-corrected chi connectivity index (χ3v) is 1.89. The summed E-state index contributed by atoms with van der Waals surface area (Å²) in [6, 6.07) is 1.77. The first-order valence-corrected chi connectivity index (χ1v) is 3.30. The van der Waals surface area contributed by atoms with Gasteiger partial charge in [-0.3, -0.25) is 4.79 Å². The minimum atomic E-state index is 0.698. The molecule has 1 heterocycles. The van der Waals surface area contributed by atoms with Gasteiger partial charge in [0.05, 0.1) is 4.60 Å². The van der Waals surface area contributed by atoms with Gasteiger partial charge in [-0.2, -0.15) is 0 Å². The lowest BCUT2D eigenvalue weighted by Crippen LogP contribution is -1.81. The molecule has 0 radical (unpaired) electrons. The molecule has 1 aromatic heterocycles. The summed E-state index contributed by atoms with van der Waals surface area (Å²) in [5.41, 5.74) is 0.698. The Morgan fingerprint density at radius 2 is 2.44 bits per heavy atom. The molecule has 0 bridgehead atoms. The van der Waals surface area contributed by atoms with E-state index in [0.29, 0.717) is 5.56 Å². The van der Waals surface area contributed by atoms with E-state index in [1.807, 2.05) is 11.6 Å². The van der Waals surface area contributed by atoms with Crippen LogP contribution >= 0.6 is 15.9 Å². The van der Waals surface area contributed by atoms with Crippen LogP contribution in [0.15, 0.2) is 16.9 Å². The number of carbonyl (C=O) groups excluding carboxylic acids is 1. The molecule has 9 heavy (non-hydrogen) atoms. The van der Waals surface area contributed by atoms with Crippen molar-refractivity contribution in [2.24, 2.45) is 7.05 Å². The molecular formula is C6H6BrNO. The maximum Gasteiger partial charge on any atom is 0.151 e. The smallest absolute Gasteiger partial charge is 0.151 e. The van der Waals surface area contributed by atoms with E-state index in [0.717, 1.165) is 10.9 Å². The molecule has 48 valence electrons. The van der Waals surface area contributed by atoms with Crippen molar-refractivity contribution in [2.45, 2.75) is 0 Å². The largest absolute Gasteiger partial charge is 0.345 e. The number of aromatic nitrogens is 1. The van der Waals surface area contributed by atoms with Crippen molar-refractivity contribution in [3.8, 4) is 0 Å². The number of carbonyl (C=O) groups is 1. The molecule has 0 unspecified atom stereocenters. The van der Waals surface area contributed by atoms with Crippen LogP contribution in [0.1, 0.15) is 10.4 Å². The molecule has 0 saturated heterocycles. The van der Waals surface area contributed by atoms with Crippen LogP contribution in [0.3, 0.4) is 0 Å². The fourth-order valence-electron chi connectivity index (χ4n) is 0.626. The monoisotopic (exact) mass is 187 g/mol. The van der Waals surface area contributed by atoms with E-state index in [9.17, 15) is 4.79 Å². The average molecular weight is 188 g/mol. The summed E-state index contributed by atoms with van der Waals surface area (Å²) in [5.74, 6) is 0. The Morgan fingerprint density at radius 3 is 2.67 bits per heavy atom. The van der Waals surface area contributed by atoms with Crippen molar-refractivity contribution < 1.29 is 4.79 Å². The van der Waals surface area contributed by atoms with Crippen LogP contribution in [-0.4, -0.2) is 10.9 Å². The zero-order chi connectivity index (χ0) is 6.85. The Labute approximate surface area is 61.6 Å². The molecule has 1 rings (SSSR count). The van der Waals surface area contributed by atoms with E-state index in [2.05, 4.69) is 15.9 Å². The predicted octanol–water partition coefficient (Wildman–Crippen LogP) is 1.60. The third-order valence-electron chi connectivity index (χ3n) is 1.10. The first-order valence-electron chi connectivity index (χ1n) is 2.51. The lowest BCUT2D eigenvalue weighted by molar-refractivity contribution is 0.112. The second-order valence-corrected chi connectivity index (χ2v) is 2.64. The Morgan fingerprint density at radius 1 is 1.78 bits per heavy atom. The summed E-state index contributed by atoms with van der Waals surface area (Å²) in [6.45, 7) is 0. The number of nitrogens with zero attached hydrogens (tertiary/aromatic N) is 1. The Balaban J connectivity index is 3.11. The number of aryl methyl sites for hydroxylation is 1. The average Bonchev–Trinajstić information content (AvgIpc) is 2.13. The first-order chi connectivity index (χ1) is 4.24. The van der Waals surface area contributed by atoms with Gasteiger partial charge in [0.15, 0.2) is 6.29 Å². The van der Waals surface area contributed by atoms with Crippen LogP contribution in [0.25, 0.3) is 0 Å². The van der Waals surface area contributed by atoms with Crippen molar-refractivity contribution >= 4 is 22.2 Å². The van der Waals surface area contributed by atoms with Gasteiger partial charge in [0.1, 0.15) is 0 Å². The highest BCUT2D eigenvalue weighted by atomic mass is 79.9. The Bertz CT molecular complexity index is 209. The Kier molecular flexibility index (Phi) is 1.71. The molecule has 0 aliphatic heterocycles. The maximum absolute atomic E-state index is 10.1. The number of halogens is 1. The predicted molar refractivity (Wildman–Crippen MR) is 38.5 cm³/mol. The lowest BCUT2D eigenvalue weighted by Gasteiger charge is -1.87. The summed E-state index contributed by atoms with van der Waals surface area (Å²) in [6.07, 6.45) is 2.59. The summed E-state index contributed by atoms with van der Waals surface area (Å²) < 4.78 is 2.76. The van der Waals surface area contributed by atoms with Crippen molar-refractivity contribution in [3.63, 3.8) is 0 Å². The molecule has 3 heteroatoms. The van der Waals surface area contributed by atoms with Crippen molar-refractivity contribution in [1.82, 2.24) is 4.57 Å². The molecular weight excluding hydrogens is 182 g/mol. The highest BCUT2D eigenvalue weighted by Crippen LogP contribution is 2.11. The number of hydrogen-bond acceptors (Lipinski definition) is 1. The molecule has 1 aromatic rings. The van der Waals surface area contributed by atoms with Crippen molar-refractivity contribution in [2.75, 3.05) is 0 Å². The summed E-state index contributed by atoms with van der Waals surface area (Å²) >= 11 is 3.26. The number of aldehydes is 1. The van der Waals surface area contributed by atoms with Crippen LogP contribution in [-0.2, 0) is 7.05 Å². The van der Waals surface area contributed by atoms with E-state index < -0.39 is 0 Å². The second kappa shape index (κ2) is 2.35. The second-order valence-electron chi connectivity index (χ2n) is 1.82. The zero-order valence-corrected chi connectivity index (χ0v) is 6.55. The number of rotatable bonds is 1. The summed E-state index contributed by atoms with van der Waals surface area (Å²) in [5, 5.41) is 0. The standard InChI is InChI=1S/C6H6BrNO/c1-8-3-5(4-9)2-6(8)7/h2-4H,1H3. The normalized spacial score (nSPS) is 9.56. The maximum atomic E-state index is 10.1. The highest BCUT2D eigenvalue weighted by Gasteiger charge is 1.95. The molecule has 0 aliphatic carbocycles. The van der Waals surface area contributed by atoms with Crippen molar-refractivity contribution in [3.05, 3.63) is 22.4 Å². The van der Waals surface area contributed by atoms with E-state index in [1.165, 1.54) is 0 Å². The van der Waals surface area contributed by atoms with Crippen LogP contribution in [0.4, 0.5) is 0 Å². The van der Waals surface area contributed by atoms with E-state index in [1.54, 1.807) is 12.3 Å². The first kappa shape index (κ1) is 6.55. The summed E-state index contributed by atoms with van der Waals surface area (Å²) in [7, 11) is 1.87. The minimum Gasteiger partial charge on any atom is -0.345 e. The molecule has 0 aromatic carbocycles. The molecule has 0 fully saturated rings. The van der Waals surface area contributed by atoms with Gasteiger partial charge in [-0.25, -0.2) is 0 Å². The van der Waals surface area contributed by atoms with Gasteiger partial charge in [-0.15, -0.1) is 0 Å². The van der Waals surface area contributed by atoms with Crippen LogP contribution in [0.5, 0.6) is 0 Å². The SMILES string of the molecule is Cn1cc(C=O)cc1Br. The van der Waals surface area contributed by atoms with Gasteiger partial charge in [0.2, 0.25) is 0 Å². The van der Waals surface area contributed by atoms with Gasteiger partial charge in [0, 0.05) is 18.8 Å². The molecule has 0 atom stereocenters. The van der Waals surface area contributed by atoms with Crippen LogP contribution in [0.2, 0.25) is 0 Å². The van der Waals surface area contributed by atoms with Gasteiger partial charge < -0.3 is 4.57 Å². The Hall–Kier alpha value is -0.570.